The second kappa shape index (κ2) is 5.27. The van der Waals surface area contributed by atoms with Gasteiger partial charge in [-0.25, -0.2) is 0 Å². The lowest BCUT2D eigenvalue weighted by molar-refractivity contribution is 0.718. The fraction of sp³-hybridized carbons (Fsp3) is 0.500. The molecule has 0 aliphatic rings. The summed E-state index contributed by atoms with van der Waals surface area (Å²) >= 11 is 3.91. The van der Waals surface area contributed by atoms with Crippen molar-refractivity contribution in [1.82, 2.24) is 9.71 Å². The van der Waals surface area contributed by atoms with E-state index in [1.165, 1.54) is 18.5 Å². The van der Waals surface area contributed by atoms with Crippen molar-refractivity contribution in [2.45, 2.75) is 19.3 Å². The monoisotopic (exact) mass is 170 g/mol. The van der Waals surface area contributed by atoms with Gasteiger partial charge in [0.05, 0.1) is 0 Å². The summed E-state index contributed by atoms with van der Waals surface area (Å²) in [4.78, 5) is 3.17. The van der Waals surface area contributed by atoms with Gasteiger partial charge in [0.2, 0.25) is 0 Å². The highest BCUT2D eigenvalue weighted by Crippen LogP contribution is 2.00. The predicted molar refractivity (Wildman–Crippen MR) is 50.7 cm³/mol. The molecule has 0 aromatic carbocycles. The minimum Gasteiger partial charge on any atom is -0.365 e. The van der Waals surface area contributed by atoms with Crippen LogP contribution in [0.1, 0.15) is 18.5 Å². The summed E-state index contributed by atoms with van der Waals surface area (Å²) in [5.74, 6) is 0. The molecule has 0 amide bonds. The van der Waals surface area contributed by atoms with Gasteiger partial charge in [-0.3, -0.25) is 4.72 Å². The number of unbranched alkanes of at least 4 members (excludes halogenated alkanes) is 1. The summed E-state index contributed by atoms with van der Waals surface area (Å²) in [6.45, 7) is 0.990. The summed E-state index contributed by atoms with van der Waals surface area (Å²) in [7, 11) is 0. The van der Waals surface area contributed by atoms with Gasteiger partial charge in [0.25, 0.3) is 0 Å². The van der Waals surface area contributed by atoms with Crippen molar-refractivity contribution in [2.24, 2.45) is 0 Å². The Kier molecular flexibility index (Phi) is 4.16. The van der Waals surface area contributed by atoms with Gasteiger partial charge in [-0.05, 0) is 31.4 Å². The van der Waals surface area contributed by atoms with Crippen molar-refractivity contribution in [1.29, 1.82) is 0 Å². The van der Waals surface area contributed by atoms with Gasteiger partial charge in [-0.2, -0.15) is 0 Å². The summed E-state index contributed by atoms with van der Waals surface area (Å²) in [5, 5.41) is 0. The third-order valence-electron chi connectivity index (χ3n) is 1.65. The quantitative estimate of drug-likeness (QED) is 0.456. The fourth-order valence-corrected chi connectivity index (χ4v) is 1.20. The van der Waals surface area contributed by atoms with Crippen LogP contribution in [0.4, 0.5) is 0 Å². The maximum Gasteiger partial charge on any atom is 0.0147 e. The van der Waals surface area contributed by atoms with Crippen molar-refractivity contribution in [3.8, 4) is 0 Å². The van der Waals surface area contributed by atoms with Gasteiger partial charge in [0.1, 0.15) is 0 Å². The van der Waals surface area contributed by atoms with Crippen molar-refractivity contribution in [3.05, 3.63) is 24.0 Å². The van der Waals surface area contributed by atoms with Crippen LogP contribution in [0.25, 0.3) is 0 Å². The average Bonchev–Trinajstić information content (AvgIpc) is 2.50. The first-order valence-corrected chi connectivity index (χ1v) is 4.37. The molecule has 3 heteroatoms. The van der Waals surface area contributed by atoms with E-state index in [0.717, 1.165) is 13.0 Å². The second-order valence-electron chi connectivity index (χ2n) is 2.56. The first kappa shape index (κ1) is 8.68. The van der Waals surface area contributed by atoms with Gasteiger partial charge in [0.15, 0.2) is 0 Å². The van der Waals surface area contributed by atoms with Gasteiger partial charge >= 0.3 is 0 Å². The van der Waals surface area contributed by atoms with Crippen LogP contribution in [-0.4, -0.2) is 11.5 Å². The van der Waals surface area contributed by atoms with Gasteiger partial charge in [-0.15, -0.1) is 0 Å². The molecule has 1 rings (SSSR count). The van der Waals surface area contributed by atoms with Crippen molar-refractivity contribution in [3.63, 3.8) is 0 Å². The van der Waals surface area contributed by atoms with E-state index in [4.69, 9.17) is 0 Å². The first-order valence-electron chi connectivity index (χ1n) is 3.92. The molecular weight excluding hydrogens is 156 g/mol. The van der Waals surface area contributed by atoms with E-state index >= 15 is 0 Å². The lowest BCUT2D eigenvalue weighted by atomic mass is 10.2. The molecule has 0 aliphatic heterocycles. The van der Waals surface area contributed by atoms with Gasteiger partial charge < -0.3 is 4.98 Å². The van der Waals surface area contributed by atoms with Crippen LogP contribution < -0.4 is 4.72 Å². The molecule has 0 saturated carbocycles. The number of rotatable bonds is 5. The number of hydrogen-bond donors (Lipinski definition) is 3. The molecule has 0 fully saturated rings. The molecule has 1 aromatic heterocycles. The third-order valence-corrected chi connectivity index (χ3v) is 1.87. The molecule has 0 aliphatic carbocycles. The average molecular weight is 170 g/mol. The Morgan fingerprint density at radius 3 is 3.00 bits per heavy atom. The lowest BCUT2D eigenvalue weighted by Crippen LogP contribution is -2.01. The Balaban J connectivity index is 2.04. The minimum absolute atomic E-state index is 0.990. The van der Waals surface area contributed by atoms with E-state index in [9.17, 15) is 0 Å². The van der Waals surface area contributed by atoms with Crippen LogP contribution in [0.3, 0.4) is 0 Å². The van der Waals surface area contributed by atoms with Crippen molar-refractivity contribution < 1.29 is 0 Å². The van der Waals surface area contributed by atoms with Gasteiger partial charge in [0, 0.05) is 18.4 Å². The van der Waals surface area contributed by atoms with Crippen LogP contribution in [0.15, 0.2) is 18.3 Å². The van der Waals surface area contributed by atoms with Crippen LogP contribution in [0.2, 0.25) is 0 Å². The van der Waals surface area contributed by atoms with E-state index in [-0.39, 0.29) is 0 Å². The van der Waals surface area contributed by atoms with E-state index in [2.05, 4.69) is 28.6 Å². The summed E-state index contributed by atoms with van der Waals surface area (Å²) < 4.78 is 2.83. The summed E-state index contributed by atoms with van der Waals surface area (Å²) in [6.07, 6.45) is 5.51. The SMILES string of the molecule is SNCCCCc1ccc[nH]1. The number of nitrogens with one attached hydrogen (secondary N) is 2. The number of H-pyrrole nitrogens is 1. The Labute approximate surface area is 72.9 Å². The molecule has 1 heterocycles. The molecule has 0 bridgehead atoms. The normalized spacial score (nSPS) is 10.3. The zero-order chi connectivity index (χ0) is 7.94. The molecule has 2 nitrogen and oxygen atoms in total. The van der Waals surface area contributed by atoms with Crippen LogP contribution in [0.5, 0.6) is 0 Å². The number of aromatic nitrogens is 1. The molecular formula is C8H14N2S. The topological polar surface area (TPSA) is 27.8 Å². The number of hydrogen-bond acceptors (Lipinski definition) is 2. The minimum atomic E-state index is 0.990. The molecule has 62 valence electrons. The van der Waals surface area contributed by atoms with Crippen LogP contribution >= 0.6 is 12.8 Å². The second-order valence-corrected chi connectivity index (χ2v) is 2.88. The molecule has 0 unspecified atom stereocenters. The standard InChI is InChI=1S/C8H14N2S/c11-10-7-2-1-4-8-5-3-6-9-8/h3,5-6,9-11H,1-2,4,7H2. The molecule has 0 spiro atoms. The van der Waals surface area contributed by atoms with E-state index in [1.54, 1.807) is 0 Å². The smallest absolute Gasteiger partial charge is 0.0147 e. The molecule has 11 heavy (non-hydrogen) atoms. The molecule has 0 saturated heterocycles. The number of thiol groups is 1. The van der Waals surface area contributed by atoms with E-state index < -0.39 is 0 Å². The van der Waals surface area contributed by atoms with E-state index in [0.29, 0.717) is 0 Å². The summed E-state index contributed by atoms with van der Waals surface area (Å²) in [6, 6.07) is 4.15. The molecule has 2 N–H and O–H groups in total. The van der Waals surface area contributed by atoms with Crippen LogP contribution in [0, 0.1) is 0 Å². The maximum atomic E-state index is 3.91. The third kappa shape index (κ3) is 3.49. The largest absolute Gasteiger partial charge is 0.365 e. The number of aryl methyl sites for hydroxylation is 1. The highest BCUT2D eigenvalue weighted by Gasteiger charge is 1.91. The fourth-order valence-electron chi connectivity index (χ4n) is 1.04. The summed E-state index contributed by atoms with van der Waals surface area (Å²) in [5.41, 5.74) is 1.32. The Morgan fingerprint density at radius 1 is 1.45 bits per heavy atom. The molecule has 1 aromatic rings. The van der Waals surface area contributed by atoms with Crippen molar-refractivity contribution in [2.75, 3.05) is 6.54 Å². The first-order chi connectivity index (χ1) is 5.43. The Hall–Kier alpha value is -0.410. The van der Waals surface area contributed by atoms with E-state index in [1.807, 2.05) is 12.3 Å². The Bertz CT molecular complexity index is 172. The molecule has 0 radical (unpaired) electrons. The highest BCUT2D eigenvalue weighted by atomic mass is 32.1. The lowest BCUT2D eigenvalue weighted by Gasteiger charge is -1.97. The van der Waals surface area contributed by atoms with Crippen LogP contribution in [-0.2, 0) is 6.42 Å². The zero-order valence-electron chi connectivity index (χ0n) is 6.51. The molecule has 0 atom stereocenters. The van der Waals surface area contributed by atoms with Crippen molar-refractivity contribution >= 4 is 12.8 Å². The highest BCUT2D eigenvalue weighted by molar-refractivity contribution is 7.78. The zero-order valence-corrected chi connectivity index (χ0v) is 7.40. The Morgan fingerprint density at radius 2 is 2.36 bits per heavy atom. The number of aromatic amines is 1. The maximum absolute atomic E-state index is 3.91. The predicted octanol–water partition coefficient (Wildman–Crippen LogP) is 1.77. The van der Waals surface area contributed by atoms with Gasteiger partial charge in [-0.1, -0.05) is 12.8 Å².